The minimum atomic E-state index is -0.388. The standard InChI is InChI=1S/C15H12N2O2/c1-11-2-7-15-12(10-11)8-9-16(15)13-3-5-14(6-4-13)17(18)19/h2-10H,1H3. The number of fused-ring (bicyclic) bond motifs is 1. The molecule has 0 fully saturated rings. The van der Waals surface area contributed by atoms with Gasteiger partial charge >= 0.3 is 0 Å². The molecule has 0 bridgehead atoms. The molecule has 0 N–H and O–H groups in total. The molecule has 2 aromatic carbocycles. The average Bonchev–Trinajstić information content (AvgIpc) is 2.81. The Morgan fingerprint density at radius 3 is 2.47 bits per heavy atom. The van der Waals surface area contributed by atoms with Gasteiger partial charge in [0.25, 0.3) is 5.69 Å². The minimum absolute atomic E-state index is 0.107. The Labute approximate surface area is 110 Å². The number of rotatable bonds is 2. The molecule has 0 saturated carbocycles. The van der Waals surface area contributed by atoms with E-state index in [2.05, 4.69) is 25.1 Å². The minimum Gasteiger partial charge on any atom is -0.317 e. The lowest BCUT2D eigenvalue weighted by molar-refractivity contribution is -0.384. The number of nitro groups is 1. The van der Waals surface area contributed by atoms with Crippen LogP contribution in [0.2, 0.25) is 0 Å². The van der Waals surface area contributed by atoms with Gasteiger partial charge in [-0.25, -0.2) is 0 Å². The Kier molecular flexibility index (Phi) is 2.56. The molecule has 0 aliphatic heterocycles. The third-order valence-corrected chi connectivity index (χ3v) is 3.18. The van der Waals surface area contributed by atoms with Crippen molar-refractivity contribution >= 4 is 16.6 Å². The lowest BCUT2D eigenvalue weighted by Crippen LogP contribution is -1.93. The maximum atomic E-state index is 10.6. The van der Waals surface area contributed by atoms with E-state index in [1.807, 2.05) is 16.8 Å². The van der Waals surface area contributed by atoms with E-state index in [0.717, 1.165) is 11.2 Å². The van der Waals surface area contributed by atoms with E-state index in [1.165, 1.54) is 23.1 Å². The van der Waals surface area contributed by atoms with Crippen LogP contribution in [0.1, 0.15) is 5.56 Å². The summed E-state index contributed by atoms with van der Waals surface area (Å²) < 4.78 is 2.03. The van der Waals surface area contributed by atoms with E-state index in [4.69, 9.17) is 0 Å². The van der Waals surface area contributed by atoms with Crippen LogP contribution in [0.5, 0.6) is 0 Å². The molecule has 0 radical (unpaired) electrons. The number of non-ortho nitro benzene ring substituents is 1. The molecule has 0 atom stereocenters. The number of aryl methyl sites for hydroxylation is 1. The van der Waals surface area contributed by atoms with Gasteiger partial charge in [0.2, 0.25) is 0 Å². The Morgan fingerprint density at radius 1 is 1.05 bits per heavy atom. The smallest absolute Gasteiger partial charge is 0.269 e. The highest BCUT2D eigenvalue weighted by molar-refractivity contribution is 5.82. The molecule has 0 unspecified atom stereocenters. The molecule has 0 saturated heterocycles. The van der Waals surface area contributed by atoms with Crippen molar-refractivity contribution in [2.24, 2.45) is 0 Å². The van der Waals surface area contributed by atoms with Gasteiger partial charge in [-0.1, -0.05) is 11.6 Å². The van der Waals surface area contributed by atoms with E-state index in [-0.39, 0.29) is 10.6 Å². The molecule has 3 aromatic rings. The van der Waals surface area contributed by atoms with Crippen LogP contribution in [0.3, 0.4) is 0 Å². The summed E-state index contributed by atoms with van der Waals surface area (Å²) in [7, 11) is 0. The van der Waals surface area contributed by atoms with Crippen LogP contribution in [0.4, 0.5) is 5.69 Å². The first-order chi connectivity index (χ1) is 9.15. The third kappa shape index (κ3) is 1.97. The predicted molar refractivity (Wildman–Crippen MR) is 74.7 cm³/mol. The van der Waals surface area contributed by atoms with Crippen LogP contribution in [0.15, 0.2) is 54.7 Å². The highest BCUT2D eigenvalue weighted by Gasteiger charge is 2.07. The molecule has 94 valence electrons. The number of nitro benzene ring substituents is 1. The summed E-state index contributed by atoms with van der Waals surface area (Å²) in [6.45, 7) is 2.06. The molecule has 0 aliphatic carbocycles. The highest BCUT2D eigenvalue weighted by Crippen LogP contribution is 2.23. The average molecular weight is 252 g/mol. The van der Waals surface area contributed by atoms with Crippen molar-refractivity contribution in [3.8, 4) is 5.69 Å². The van der Waals surface area contributed by atoms with Crippen LogP contribution >= 0.6 is 0 Å². The quantitative estimate of drug-likeness (QED) is 0.513. The van der Waals surface area contributed by atoms with Gasteiger partial charge in [-0.05, 0) is 37.3 Å². The largest absolute Gasteiger partial charge is 0.317 e. The van der Waals surface area contributed by atoms with Crippen LogP contribution in [-0.4, -0.2) is 9.49 Å². The van der Waals surface area contributed by atoms with Gasteiger partial charge in [-0.3, -0.25) is 10.1 Å². The third-order valence-electron chi connectivity index (χ3n) is 3.18. The molecule has 19 heavy (non-hydrogen) atoms. The molecule has 3 rings (SSSR count). The first-order valence-electron chi connectivity index (χ1n) is 5.98. The molecule has 1 aromatic heterocycles. The van der Waals surface area contributed by atoms with Gasteiger partial charge in [-0.2, -0.15) is 0 Å². The molecular formula is C15H12N2O2. The number of hydrogen-bond acceptors (Lipinski definition) is 2. The summed E-state index contributed by atoms with van der Waals surface area (Å²) in [5.74, 6) is 0. The lowest BCUT2D eigenvalue weighted by atomic mass is 10.2. The van der Waals surface area contributed by atoms with Crippen molar-refractivity contribution in [1.82, 2.24) is 4.57 Å². The maximum absolute atomic E-state index is 10.6. The van der Waals surface area contributed by atoms with Gasteiger partial charge in [0.1, 0.15) is 0 Å². The maximum Gasteiger partial charge on any atom is 0.269 e. The van der Waals surface area contributed by atoms with E-state index < -0.39 is 0 Å². The molecule has 0 amide bonds. The van der Waals surface area contributed by atoms with Crippen molar-refractivity contribution in [2.75, 3.05) is 0 Å². The Hall–Kier alpha value is -2.62. The molecule has 4 heteroatoms. The zero-order chi connectivity index (χ0) is 13.4. The molecular weight excluding hydrogens is 240 g/mol. The van der Waals surface area contributed by atoms with Crippen LogP contribution < -0.4 is 0 Å². The van der Waals surface area contributed by atoms with E-state index in [1.54, 1.807) is 12.1 Å². The monoisotopic (exact) mass is 252 g/mol. The number of hydrogen-bond donors (Lipinski definition) is 0. The SMILES string of the molecule is Cc1ccc2c(ccn2-c2ccc([N+](=O)[O-])cc2)c1. The molecule has 1 heterocycles. The topological polar surface area (TPSA) is 48.1 Å². The molecule has 4 nitrogen and oxygen atoms in total. The van der Waals surface area contributed by atoms with Crippen molar-refractivity contribution in [1.29, 1.82) is 0 Å². The summed E-state index contributed by atoms with van der Waals surface area (Å²) >= 11 is 0. The van der Waals surface area contributed by atoms with E-state index in [9.17, 15) is 10.1 Å². The summed E-state index contributed by atoms with van der Waals surface area (Å²) in [6, 6.07) is 14.9. The Bertz CT molecular complexity index is 757. The first-order valence-corrected chi connectivity index (χ1v) is 5.98. The lowest BCUT2D eigenvalue weighted by Gasteiger charge is -2.05. The van der Waals surface area contributed by atoms with Crippen molar-refractivity contribution in [3.05, 3.63) is 70.4 Å². The van der Waals surface area contributed by atoms with Gasteiger partial charge in [-0.15, -0.1) is 0 Å². The van der Waals surface area contributed by atoms with Crippen molar-refractivity contribution < 1.29 is 4.92 Å². The second-order valence-electron chi connectivity index (χ2n) is 4.52. The second kappa shape index (κ2) is 4.24. The zero-order valence-corrected chi connectivity index (χ0v) is 10.4. The van der Waals surface area contributed by atoms with Gasteiger partial charge < -0.3 is 4.57 Å². The zero-order valence-electron chi connectivity index (χ0n) is 10.4. The predicted octanol–water partition coefficient (Wildman–Crippen LogP) is 3.85. The van der Waals surface area contributed by atoms with Gasteiger partial charge in [0.15, 0.2) is 0 Å². The fourth-order valence-corrected chi connectivity index (χ4v) is 2.22. The number of benzene rings is 2. The Morgan fingerprint density at radius 2 is 1.79 bits per heavy atom. The highest BCUT2D eigenvalue weighted by atomic mass is 16.6. The normalized spacial score (nSPS) is 10.8. The fraction of sp³-hybridized carbons (Fsp3) is 0.0667. The van der Waals surface area contributed by atoms with Crippen LogP contribution in [0, 0.1) is 17.0 Å². The van der Waals surface area contributed by atoms with Gasteiger partial charge in [0.05, 0.1) is 10.4 Å². The molecule has 0 spiro atoms. The van der Waals surface area contributed by atoms with Crippen LogP contribution in [0.25, 0.3) is 16.6 Å². The fourth-order valence-electron chi connectivity index (χ4n) is 2.22. The molecule has 0 aliphatic rings. The van der Waals surface area contributed by atoms with E-state index in [0.29, 0.717) is 0 Å². The van der Waals surface area contributed by atoms with Gasteiger partial charge in [0, 0.05) is 29.4 Å². The van der Waals surface area contributed by atoms with Crippen LogP contribution in [-0.2, 0) is 0 Å². The summed E-state index contributed by atoms with van der Waals surface area (Å²) in [5, 5.41) is 11.8. The Balaban J connectivity index is 2.11. The summed E-state index contributed by atoms with van der Waals surface area (Å²) in [5.41, 5.74) is 3.34. The van der Waals surface area contributed by atoms with E-state index >= 15 is 0 Å². The first kappa shape index (κ1) is 11.5. The van der Waals surface area contributed by atoms with Crippen molar-refractivity contribution in [2.45, 2.75) is 6.92 Å². The number of aromatic nitrogens is 1. The summed E-state index contributed by atoms with van der Waals surface area (Å²) in [6.07, 6.45) is 1.98. The summed E-state index contributed by atoms with van der Waals surface area (Å²) in [4.78, 5) is 10.3. The second-order valence-corrected chi connectivity index (χ2v) is 4.52. The number of nitrogens with zero attached hydrogens (tertiary/aromatic N) is 2. The van der Waals surface area contributed by atoms with Crippen molar-refractivity contribution in [3.63, 3.8) is 0 Å².